The minimum absolute atomic E-state index is 0.579. The Morgan fingerprint density at radius 2 is 0.761 bits per heavy atom. The van der Waals surface area contributed by atoms with Crippen molar-refractivity contribution in [2.45, 2.75) is 0 Å². The predicted molar refractivity (Wildman–Crippen MR) is 269 cm³/mol. The number of hydrogen-bond donors (Lipinski definition) is 0. The summed E-state index contributed by atoms with van der Waals surface area (Å²) in [7, 11) is 0. The second-order valence-corrected chi connectivity index (χ2v) is 16.9. The quantitative estimate of drug-likeness (QED) is 0.164. The van der Waals surface area contributed by atoms with Gasteiger partial charge in [-0.15, -0.1) is 0 Å². The summed E-state index contributed by atoms with van der Waals surface area (Å²) in [6.45, 7) is 0. The van der Waals surface area contributed by atoms with Crippen LogP contribution in [0.3, 0.4) is 0 Å². The van der Waals surface area contributed by atoms with Gasteiger partial charge in [0.2, 0.25) is 11.8 Å². The van der Waals surface area contributed by atoms with E-state index in [1.165, 1.54) is 10.8 Å². The molecule has 0 saturated carbocycles. The molecule has 14 aromatic rings. The molecule has 10 aromatic carbocycles. The minimum atomic E-state index is 0.579. The number of nitrogens with zero attached hydrogens (tertiary/aromatic N) is 6. The van der Waals surface area contributed by atoms with Gasteiger partial charge in [-0.3, -0.25) is 0 Å². The molecule has 0 fully saturated rings. The molecule has 67 heavy (non-hydrogen) atoms. The van der Waals surface area contributed by atoms with Gasteiger partial charge in [0, 0.05) is 44.3 Å². The topological polar surface area (TPSA) is 95.7 Å². The third kappa shape index (κ3) is 6.19. The first kappa shape index (κ1) is 37.1. The molecule has 4 aromatic heterocycles. The number of para-hydroxylation sites is 6. The van der Waals surface area contributed by atoms with Crippen molar-refractivity contribution < 1.29 is 8.83 Å². The van der Waals surface area contributed by atoms with E-state index < -0.39 is 0 Å². The predicted octanol–water partition coefficient (Wildman–Crippen LogP) is 15.0. The lowest BCUT2D eigenvalue weighted by atomic mass is 10.0. The highest BCUT2D eigenvalue weighted by Gasteiger charge is 2.19. The zero-order chi connectivity index (χ0) is 44.0. The van der Waals surface area contributed by atoms with Crippen LogP contribution in [0.5, 0.6) is 0 Å². The fourth-order valence-electron chi connectivity index (χ4n) is 9.57. The van der Waals surface area contributed by atoms with E-state index in [4.69, 9.17) is 33.8 Å². The van der Waals surface area contributed by atoms with Crippen molar-refractivity contribution in [1.29, 1.82) is 0 Å². The van der Waals surface area contributed by atoms with Crippen LogP contribution in [0.4, 0.5) is 0 Å². The van der Waals surface area contributed by atoms with Gasteiger partial charge in [-0.25, -0.2) is 24.9 Å². The maximum atomic E-state index is 6.12. The van der Waals surface area contributed by atoms with E-state index in [9.17, 15) is 0 Å². The highest BCUT2D eigenvalue weighted by atomic mass is 16.4. The van der Waals surface area contributed by atoms with Crippen LogP contribution in [-0.4, -0.2) is 29.5 Å². The Labute approximate surface area is 382 Å². The Morgan fingerprint density at radius 3 is 1.33 bits per heavy atom. The molecule has 14 rings (SSSR count). The van der Waals surface area contributed by atoms with E-state index in [1.54, 1.807) is 0 Å². The van der Waals surface area contributed by atoms with E-state index in [2.05, 4.69) is 162 Å². The smallest absolute Gasteiger partial charge is 0.227 e. The number of aromatic nitrogens is 6. The molecule has 0 saturated heterocycles. The van der Waals surface area contributed by atoms with Crippen LogP contribution >= 0.6 is 0 Å². The standard InChI is InChI=1S/C59H34N6O2/c1-2-10-45(11-3-1)65-50-15-7-4-12-46(50)54-47-34-42(23-18-35(47)28-29-51(54)65)57-63-55(40-24-19-38-32-43(26-21-36(38)30-40)58-60-48-13-5-8-16-52(48)66-58)62-56(64-57)41-25-20-39-33-44(27-22-37(39)31-41)59-61-49-14-6-9-17-53(49)67-59/h1-34H. The van der Waals surface area contributed by atoms with Gasteiger partial charge in [0.05, 0.1) is 11.0 Å². The van der Waals surface area contributed by atoms with E-state index in [1.807, 2.05) is 48.5 Å². The molecule has 8 nitrogen and oxygen atoms in total. The van der Waals surface area contributed by atoms with E-state index in [0.717, 1.165) is 99.1 Å². The van der Waals surface area contributed by atoms with E-state index >= 15 is 0 Å². The summed E-state index contributed by atoms with van der Waals surface area (Å²) in [5, 5.41) is 8.84. The zero-order valence-electron chi connectivity index (χ0n) is 35.6. The van der Waals surface area contributed by atoms with Gasteiger partial charge in [-0.05, 0) is 123 Å². The molecule has 0 aliphatic carbocycles. The summed E-state index contributed by atoms with van der Waals surface area (Å²) in [6.07, 6.45) is 0. The number of benzene rings is 10. The van der Waals surface area contributed by atoms with E-state index in [-0.39, 0.29) is 0 Å². The van der Waals surface area contributed by atoms with Crippen molar-refractivity contribution in [2.75, 3.05) is 0 Å². The van der Waals surface area contributed by atoms with Gasteiger partial charge in [-0.2, -0.15) is 0 Å². The summed E-state index contributed by atoms with van der Waals surface area (Å²) in [6, 6.07) is 71.0. The molecule has 312 valence electrons. The molecule has 8 heteroatoms. The molecule has 4 heterocycles. The monoisotopic (exact) mass is 858 g/mol. The molecule has 0 radical (unpaired) electrons. The second-order valence-electron chi connectivity index (χ2n) is 16.9. The lowest BCUT2D eigenvalue weighted by Gasteiger charge is -2.11. The SMILES string of the molecule is c1ccc(-n2c3ccccc3c3c4cc(-c5nc(-c6ccc7cc(-c8nc9ccccc9o8)ccc7c6)nc(-c6ccc7cc(-c8nc9ccccc9o8)ccc7c6)n5)ccc4ccc32)cc1. The number of fused-ring (bicyclic) bond motifs is 9. The van der Waals surface area contributed by atoms with Crippen LogP contribution in [0.2, 0.25) is 0 Å². The number of oxazole rings is 2. The van der Waals surface area contributed by atoms with Crippen LogP contribution < -0.4 is 0 Å². The molecule has 0 unspecified atom stereocenters. The van der Waals surface area contributed by atoms with Crippen molar-refractivity contribution in [1.82, 2.24) is 29.5 Å². The fourth-order valence-corrected chi connectivity index (χ4v) is 9.57. The Morgan fingerprint density at radius 1 is 0.313 bits per heavy atom. The lowest BCUT2D eigenvalue weighted by molar-refractivity contribution is 0.619. The Hall–Kier alpha value is -9.27. The highest BCUT2D eigenvalue weighted by molar-refractivity contribution is 6.21. The van der Waals surface area contributed by atoms with Gasteiger partial charge in [0.25, 0.3) is 0 Å². The molecule has 0 spiro atoms. The second kappa shape index (κ2) is 14.6. The average Bonchev–Trinajstić information content (AvgIpc) is 4.13. The van der Waals surface area contributed by atoms with Crippen LogP contribution in [-0.2, 0) is 0 Å². The molecule has 0 aliphatic heterocycles. The molecule has 0 amide bonds. The largest absolute Gasteiger partial charge is 0.436 e. The average molecular weight is 859 g/mol. The molecule has 0 atom stereocenters. The molecule has 0 bridgehead atoms. The van der Waals surface area contributed by atoms with Crippen molar-refractivity contribution >= 4 is 76.3 Å². The molecule has 0 N–H and O–H groups in total. The summed E-state index contributed by atoms with van der Waals surface area (Å²) in [5.74, 6) is 2.93. The van der Waals surface area contributed by atoms with Gasteiger partial charge in [0.1, 0.15) is 11.0 Å². The first-order valence-corrected chi connectivity index (χ1v) is 22.2. The third-order valence-electron chi connectivity index (χ3n) is 12.8. The van der Waals surface area contributed by atoms with Crippen LogP contribution in [0.15, 0.2) is 215 Å². The van der Waals surface area contributed by atoms with Crippen molar-refractivity contribution in [3.05, 3.63) is 206 Å². The Bertz CT molecular complexity index is 4060. The van der Waals surface area contributed by atoms with Gasteiger partial charge >= 0.3 is 0 Å². The molecular weight excluding hydrogens is 825 g/mol. The normalized spacial score (nSPS) is 11.9. The van der Waals surface area contributed by atoms with Gasteiger partial charge in [-0.1, -0.05) is 115 Å². The van der Waals surface area contributed by atoms with Crippen molar-refractivity contribution in [2.24, 2.45) is 0 Å². The Balaban J connectivity index is 0.919. The molecule has 0 aliphatic rings. The number of rotatable bonds is 6. The summed E-state index contributed by atoms with van der Waals surface area (Å²) >= 11 is 0. The highest BCUT2D eigenvalue weighted by Crippen LogP contribution is 2.39. The number of hydrogen-bond acceptors (Lipinski definition) is 7. The zero-order valence-corrected chi connectivity index (χ0v) is 35.6. The van der Waals surface area contributed by atoms with Crippen LogP contribution in [0, 0.1) is 0 Å². The summed E-state index contributed by atoms with van der Waals surface area (Å²) < 4.78 is 14.6. The van der Waals surface area contributed by atoms with Crippen LogP contribution in [0.25, 0.3) is 139 Å². The third-order valence-corrected chi connectivity index (χ3v) is 12.8. The van der Waals surface area contributed by atoms with Crippen molar-refractivity contribution in [3.63, 3.8) is 0 Å². The fraction of sp³-hybridized carbons (Fsp3) is 0. The van der Waals surface area contributed by atoms with E-state index in [0.29, 0.717) is 29.3 Å². The summed E-state index contributed by atoms with van der Waals surface area (Å²) in [4.78, 5) is 25.2. The van der Waals surface area contributed by atoms with Crippen LogP contribution in [0.1, 0.15) is 0 Å². The summed E-state index contributed by atoms with van der Waals surface area (Å²) in [5.41, 5.74) is 11.1. The lowest BCUT2D eigenvalue weighted by Crippen LogP contribution is -2.00. The first-order valence-electron chi connectivity index (χ1n) is 22.2. The maximum absolute atomic E-state index is 6.12. The van der Waals surface area contributed by atoms with Gasteiger partial charge < -0.3 is 13.4 Å². The van der Waals surface area contributed by atoms with Gasteiger partial charge in [0.15, 0.2) is 28.6 Å². The first-order chi connectivity index (χ1) is 33.1. The minimum Gasteiger partial charge on any atom is -0.436 e. The maximum Gasteiger partial charge on any atom is 0.227 e. The molecular formula is C59H34N6O2. The van der Waals surface area contributed by atoms with Crippen molar-refractivity contribution in [3.8, 4) is 62.8 Å². The Kier molecular flexibility index (Phi) is 8.11.